The molecule has 1 saturated heterocycles. The lowest BCUT2D eigenvalue weighted by atomic mass is 9.85. The second-order valence-electron chi connectivity index (χ2n) is 6.90. The van der Waals surface area contributed by atoms with Gasteiger partial charge in [0.2, 0.25) is 5.91 Å². The highest BCUT2D eigenvalue weighted by atomic mass is 35.5. The Morgan fingerprint density at radius 1 is 1.30 bits per heavy atom. The number of hydrogen-bond donors (Lipinski definition) is 2. The normalized spacial score (nSPS) is 20.2. The Kier molecular flexibility index (Phi) is 8.64. The number of piperidine rings is 1. The number of nitrogens with one attached hydrogen (secondary N) is 2. The van der Waals surface area contributed by atoms with Crippen molar-refractivity contribution in [1.82, 2.24) is 10.6 Å². The van der Waals surface area contributed by atoms with E-state index in [0.717, 1.165) is 19.6 Å². The molecule has 3 nitrogen and oxygen atoms in total. The van der Waals surface area contributed by atoms with Crippen molar-refractivity contribution >= 4 is 18.3 Å². The highest BCUT2D eigenvalue weighted by molar-refractivity contribution is 5.85. The summed E-state index contributed by atoms with van der Waals surface area (Å²) in [4.78, 5) is 12.2. The zero-order chi connectivity index (χ0) is 15.9. The summed E-state index contributed by atoms with van der Waals surface area (Å²) in [5.41, 5.74) is 2.56. The van der Waals surface area contributed by atoms with E-state index in [1.165, 1.54) is 24.0 Å². The molecule has 0 aliphatic carbocycles. The van der Waals surface area contributed by atoms with E-state index in [1.54, 1.807) is 0 Å². The minimum atomic E-state index is 0. The van der Waals surface area contributed by atoms with E-state index in [-0.39, 0.29) is 18.3 Å². The van der Waals surface area contributed by atoms with Crippen molar-refractivity contribution in [3.8, 4) is 0 Å². The average molecular weight is 339 g/mol. The molecule has 130 valence electrons. The van der Waals surface area contributed by atoms with Gasteiger partial charge in [-0.05, 0) is 56.2 Å². The molecule has 0 saturated carbocycles. The highest BCUT2D eigenvalue weighted by Gasteiger charge is 2.22. The monoisotopic (exact) mass is 338 g/mol. The van der Waals surface area contributed by atoms with Crippen LogP contribution in [0.4, 0.5) is 0 Å². The Hall–Kier alpha value is -1.06. The maximum Gasteiger partial charge on any atom is 0.220 e. The number of hydrogen-bond acceptors (Lipinski definition) is 2. The van der Waals surface area contributed by atoms with Crippen molar-refractivity contribution < 1.29 is 4.79 Å². The SMILES string of the molecule is Cc1ccc(C(C)CNC(=O)CC(C)C2CCCNC2)cc1.Cl. The van der Waals surface area contributed by atoms with E-state index in [2.05, 4.69) is 55.7 Å². The van der Waals surface area contributed by atoms with Gasteiger partial charge in [-0.15, -0.1) is 12.4 Å². The Labute approximate surface area is 147 Å². The van der Waals surface area contributed by atoms with E-state index >= 15 is 0 Å². The Morgan fingerprint density at radius 3 is 2.61 bits per heavy atom. The Bertz CT molecular complexity index is 469. The number of halogens is 1. The number of amides is 1. The lowest BCUT2D eigenvalue weighted by molar-refractivity contribution is -0.122. The average Bonchev–Trinajstić information content (AvgIpc) is 2.54. The number of aryl methyl sites for hydroxylation is 1. The van der Waals surface area contributed by atoms with Crippen LogP contribution in [0.1, 0.15) is 50.2 Å². The third-order valence-electron chi connectivity index (χ3n) is 4.90. The first-order chi connectivity index (χ1) is 10.6. The first kappa shape index (κ1) is 20.0. The van der Waals surface area contributed by atoms with Crippen molar-refractivity contribution in [3.05, 3.63) is 35.4 Å². The topological polar surface area (TPSA) is 41.1 Å². The van der Waals surface area contributed by atoms with Crippen LogP contribution in [-0.4, -0.2) is 25.5 Å². The molecular weight excluding hydrogens is 308 g/mol. The van der Waals surface area contributed by atoms with Gasteiger partial charge in [0.05, 0.1) is 0 Å². The highest BCUT2D eigenvalue weighted by Crippen LogP contribution is 2.22. The zero-order valence-corrected chi connectivity index (χ0v) is 15.4. The molecule has 1 aliphatic rings. The smallest absolute Gasteiger partial charge is 0.220 e. The van der Waals surface area contributed by atoms with E-state index in [1.807, 2.05) is 0 Å². The van der Waals surface area contributed by atoms with Crippen LogP contribution in [0.3, 0.4) is 0 Å². The molecule has 1 aliphatic heterocycles. The molecule has 2 N–H and O–H groups in total. The molecule has 3 unspecified atom stereocenters. The quantitative estimate of drug-likeness (QED) is 0.831. The van der Waals surface area contributed by atoms with Crippen molar-refractivity contribution in [2.75, 3.05) is 19.6 Å². The van der Waals surface area contributed by atoms with Crippen LogP contribution in [0.15, 0.2) is 24.3 Å². The number of carbonyl (C=O) groups is 1. The van der Waals surface area contributed by atoms with Gasteiger partial charge in [0, 0.05) is 13.0 Å². The van der Waals surface area contributed by atoms with Crippen LogP contribution < -0.4 is 10.6 Å². The molecule has 0 spiro atoms. The molecule has 3 atom stereocenters. The van der Waals surface area contributed by atoms with E-state index in [0.29, 0.717) is 24.2 Å². The van der Waals surface area contributed by atoms with Crippen LogP contribution in [0.5, 0.6) is 0 Å². The summed E-state index contributed by atoms with van der Waals surface area (Å²) in [6.45, 7) is 9.38. The maximum atomic E-state index is 12.2. The summed E-state index contributed by atoms with van der Waals surface area (Å²) >= 11 is 0. The van der Waals surface area contributed by atoms with Gasteiger partial charge >= 0.3 is 0 Å². The first-order valence-corrected chi connectivity index (χ1v) is 8.60. The maximum absolute atomic E-state index is 12.2. The molecule has 2 rings (SSSR count). The van der Waals surface area contributed by atoms with Gasteiger partial charge in [0.25, 0.3) is 0 Å². The molecule has 4 heteroatoms. The second kappa shape index (κ2) is 9.94. The van der Waals surface area contributed by atoms with Crippen molar-refractivity contribution in [2.24, 2.45) is 11.8 Å². The van der Waals surface area contributed by atoms with Gasteiger partial charge in [0.15, 0.2) is 0 Å². The van der Waals surface area contributed by atoms with Crippen molar-refractivity contribution in [1.29, 1.82) is 0 Å². The van der Waals surface area contributed by atoms with Crippen LogP contribution in [0.2, 0.25) is 0 Å². The zero-order valence-electron chi connectivity index (χ0n) is 14.6. The minimum Gasteiger partial charge on any atom is -0.355 e. The molecule has 0 radical (unpaired) electrons. The third kappa shape index (κ3) is 6.52. The molecule has 1 fully saturated rings. The fourth-order valence-corrected chi connectivity index (χ4v) is 3.18. The summed E-state index contributed by atoms with van der Waals surface area (Å²) in [7, 11) is 0. The van der Waals surface area contributed by atoms with Gasteiger partial charge < -0.3 is 10.6 Å². The lowest BCUT2D eigenvalue weighted by Crippen LogP contribution is -2.36. The predicted molar refractivity (Wildman–Crippen MR) is 99.2 cm³/mol. The molecule has 0 aromatic heterocycles. The summed E-state index contributed by atoms with van der Waals surface area (Å²) in [5, 5.41) is 6.54. The molecule has 1 amide bonds. The van der Waals surface area contributed by atoms with Gasteiger partial charge in [-0.2, -0.15) is 0 Å². The summed E-state index contributed by atoms with van der Waals surface area (Å²) in [6, 6.07) is 8.57. The standard InChI is InChI=1S/C19H30N2O.ClH/c1-14-6-8-17(9-7-14)16(3)12-21-19(22)11-15(2)18-5-4-10-20-13-18;/h6-9,15-16,18,20H,4-5,10-13H2,1-3H3,(H,21,22);1H. The number of benzene rings is 1. The summed E-state index contributed by atoms with van der Waals surface area (Å²) in [5.74, 6) is 1.66. The predicted octanol–water partition coefficient (Wildman–Crippen LogP) is 3.66. The summed E-state index contributed by atoms with van der Waals surface area (Å²) < 4.78 is 0. The van der Waals surface area contributed by atoms with Crippen LogP contribution in [-0.2, 0) is 4.79 Å². The van der Waals surface area contributed by atoms with Gasteiger partial charge in [-0.1, -0.05) is 43.7 Å². The van der Waals surface area contributed by atoms with Gasteiger partial charge in [-0.3, -0.25) is 4.79 Å². The minimum absolute atomic E-state index is 0. The van der Waals surface area contributed by atoms with Crippen molar-refractivity contribution in [2.45, 2.75) is 46.0 Å². The van der Waals surface area contributed by atoms with E-state index in [9.17, 15) is 4.79 Å². The molecular formula is C19H31ClN2O. The van der Waals surface area contributed by atoms with Crippen LogP contribution in [0.25, 0.3) is 0 Å². The van der Waals surface area contributed by atoms with Gasteiger partial charge in [0.1, 0.15) is 0 Å². The Balaban J connectivity index is 0.00000264. The van der Waals surface area contributed by atoms with Crippen LogP contribution in [0, 0.1) is 18.8 Å². The van der Waals surface area contributed by atoms with E-state index in [4.69, 9.17) is 0 Å². The summed E-state index contributed by atoms with van der Waals surface area (Å²) in [6.07, 6.45) is 3.13. The van der Waals surface area contributed by atoms with E-state index < -0.39 is 0 Å². The number of rotatable bonds is 6. The molecule has 0 bridgehead atoms. The molecule has 1 aromatic carbocycles. The fraction of sp³-hybridized carbons (Fsp3) is 0.632. The lowest BCUT2D eigenvalue weighted by Gasteiger charge is -2.28. The molecule has 1 aromatic rings. The molecule has 23 heavy (non-hydrogen) atoms. The van der Waals surface area contributed by atoms with Gasteiger partial charge in [-0.25, -0.2) is 0 Å². The largest absolute Gasteiger partial charge is 0.355 e. The van der Waals surface area contributed by atoms with Crippen LogP contribution >= 0.6 is 12.4 Å². The number of carbonyl (C=O) groups excluding carboxylic acids is 1. The van der Waals surface area contributed by atoms with Crippen molar-refractivity contribution in [3.63, 3.8) is 0 Å². The third-order valence-corrected chi connectivity index (χ3v) is 4.90. The Morgan fingerprint density at radius 2 is 2.00 bits per heavy atom. The molecule has 1 heterocycles. The fourth-order valence-electron chi connectivity index (χ4n) is 3.18. The first-order valence-electron chi connectivity index (χ1n) is 8.60. The second-order valence-corrected chi connectivity index (χ2v) is 6.90.